The number of benzene rings is 1. The van der Waals surface area contributed by atoms with Crippen LogP contribution in [0.2, 0.25) is 0 Å². The van der Waals surface area contributed by atoms with Crippen molar-refractivity contribution in [3.8, 4) is 0 Å². The molecule has 1 rings (SSSR count). The van der Waals surface area contributed by atoms with Gasteiger partial charge in [0.1, 0.15) is 5.75 Å². The van der Waals surface area contributed by atoms with Gasteiger partial charge < -0.3 is 0 Å². The standard InChI is InChI=1S/C13H15NO4S/c1-13(2,3)10-4-6-11(7-5-10)19(17,18)8-12(16)14-9-15/h4-7H,8H2,1-3H3. The summed E-state index contributed by atoms with van der Waals surface area (Å²) in [4.78, 5) is 23.7. The van der Waals surface area contributed by atoms with Crippen LogP contribution in [0, 0.1) is 0 Å². The molecule has 6 heteroatoms. The van der Waals surface area contributed by atoms with Crippen LogP contribution < -0.4 is 0 Å². The van der Waals surface area contributed by atoms with Gasteiger partial charge in [-0.2, -0.15) is 0 Å². The van der Waals surface area contributed by atoms with Crippen molar-refractivity contribution >= 4 is 21.8 Å². The molecular weight excluding hydrogens is 266 g/mol. The Kier molecular flexibility index (Phi) is 4.39. The normalized spacial score (nSPS) is 11.7. The lowest BCUT2D eigenvalue weighted by Gasteiger charge is -2.19. The third kappa shape index (κ3) is 4.12. The van der Waals surface area contributed by atoms with Crippen LogP contribution in [-0.2, 0) is 24.8 Å². The number of hydrogen-bond donors (Lipinski definition) is 0. The predicted octanol–water partition coefficient (Wildman–Crippen LogP) is 1.62. The molecule has 1 aromatic carbocycles. The molecule has 102 valence electrons. The van der Waals surface area contributed by atoms with Crippen molar-refractivity contribution in [2.24, 2.45) is 4.99 Å². The van der Waals surface area contributed by atoms with E-state index in [1.54, 1.807) is 12.1 Å². The van der Waals surface area contributed by atoms with E-state index < -0.39 is 21.5 Å². The molecule has 0 aliphatic rings. The smallest absolute Gasteiger partial charge is 0.271 e. The fraction of sp³-hybridized carbons (Fsp3) is 0.385. The SMILES string of the molecule is CC(C)(C)c1ccc(S(=O)(=O)CC(=O)N=C=O)cc1. The van der Waals surface area contributed by atoms with Crippen LogP contribution in [0.1, 0.15) is 26.3 Å². The van der Waals surface area contributed by atoms with Gasteiger partial charge in [-0.25, -0.2) is 13.2 Å². The molecule has 0 radical (unpaired) electrons. The zero-order valence-electron chi connectivity index (χ0n) is 11.0. The molecule has 19 heavy (non-hydrogen) atoms. The molecule has 0 N–H and O–H groups in total. The Bertz CT molecular complexity index is 618. The first-order valence-electron chi connectivity index (χ1n) is 5.61. The van der Waals surface area contributed by atoms with Gasteiger partial charge in [-0.1, -0.05) is 32.9 Å². The predicted molar refractivity (Wildman–Crippen MR) is 70.3 cm³/mol. The molecule has 0 aromatic heterocycles. The molecule has 0 heterocycles. The van der Waals surface area contributed by atoms with Crippen LogP contribution in [-0.4, -0.2) is 26.2 Å². The molecule has 0 bridgehead atoms. The van der Waals surface area contributed by atoms with E-state index in [0.29, 0.717) is 0 Å². The number of isocyanates is 1. The van der Waals surface area contributed by atoms with Crippen LogP contribution in [0.15, 0.2) is 34.2 Å². The van der Waals surface area contributed by atoms with Gasteiger partial charge >= 0.3 is 0 Å². The lowest BCUT2D eigenvalue weighted by atomic mass is 9.87. The highest BCUT2D eigenvalue weighted by molar-refractivity contribution is 7.92. The van der Waals surface area contributed by atoms with Crippen molar-refractivity contribution in [2.75, 3.05) is 5.75 Å². The highest BCUT2D eigenvalue weighted by atomic mass is 32.2. The molecule has 0 unspecified atom stereocenters. The largest absolute Gasteiger partial charge is 0.271 e. The van der Waals surface area contributed by atoms with E-state index in [9.17, 15) is 18.0 Å². The van der Waals surface area contributed by atoms with Crippen LogP contribution in [0.5, 0.6) is 0 Å². The summed E-state index contributed by atoms with van der Waals surface area (Å²) in [5.41, 5.74) is 0.906. The minimum Gasteiger partial charge on any atom is -0.271 e. The van der Waals surface area contributed by atoms with Gasteiger partial charge in [0.25, 0.3) is 5.91 Å². The summed E-state index contributed by atoms with van der Waals surface area (Å²) < 4.78 is 23.7. The van der Waals surface area contributed by atoms with E-state index >= 15 is 0 Å². The van der Waals surface area contributed by atoms with Gasteiger partial charge in [-0.05, 0) is 23.1 Å². The van der Waals surface area contributed by atoms with Gasteiger partial charge in [0, 0.05) is 0 Å². The molecule has 0 spiro atoms. The van der Waals surface area contributed by atoms with Gasteiger partial charge in [0.15, 0.2) is 9.84 Å². The van der Waals surface area contributed by atoms with E-state index in [1.165, 1.54) is 12.1 Å². The van der Waals surface area contributed by atoms with Crippen molar-refractivity contribution in [2.45, 2.75) is 31.1 Å². The first-order chi connectivity index (χ1) is 8.66. The summed E-state index contributed by atoms with van der Waals surface area (Å²) in [5, 5.41) is 0. The van der Waals surface area contributed by atoms with Crippen LogP contribution in [0.4, 0.5) is 0 Å². The molecule has 0 aliphatic carbocycles. The van der Waals surface area contributed by atoms with E-state index in [0.717, 1.165) is 11.6 Å². The zero-order valence-corrected chi connectivity index (χ0v) is 11.8. The van der Waals surface area contributed by atoms with Gasteiger partial charge in [-0.3, -0.25) is 4.79 Å². The second-order valence-corrected chi connectivity index (χ2v) is 7.12. The second-order valence-electron chi connectivity index (χ2n) is 5.13. The summed E-state index contributed by atoms with van der Waals surface area (Å²) >= 11 is 0. The number of hydrogen-bond acceptors (Lipinski definition) is 4. The summed E-state index contributed by atoms with van der Waals surface area (Å²) in [6, 6.07) is 6.32. The third-order valence-corrected chi connectivity index (χ3v) is 4.18. The van der Waals surface area contributed by atoms with E-state index in [2.05, 4.69) is 4.99 Å². The van der Waals surface area contributed by atoms with Crippen molar-refractivity contribution in [3.63, 3.8) is 0 Å². The number of nitrogens with zero attached hydrogens (tertiary/aromatic N) is 1. The number of aliphatic imine (C=N–C) groups is 1. The molecule has 0 fully saturated rings. The summed E-state index contributed by atoms with van der Waals surface area (Å²) in [7, 11) is -3.77. The monoisotopic (exact) mass is 281 g/mol. The molecule has 0 atom stereocenters. The maximum atomic E-state index is 11.9. The third-order valence-electron chi connectivity index (χ3n) is 2.56. The van der Waals surface area contributed by atoms with Crippen molar-refractivity contribution < 1.29 is 18.0 Å². The van der Waals surface area contributed by atoms with Crippen LogP contribution in [0.3, 0.4) is 0 Å². The van der Waals surface area contributed by atoms with E-state index in [-0.39, 0.29) is 10.3 Å². The molecule has 0 saturated heterocycles. The number of sulfone groups is 1. The highest BCUT2D eigenvalue weighted by Crippen LogP contribution is 2.23. The Labute approximate surface area is 112 Å². The Morgan fingerprint density at radius 2 is 1.74 bits per heavy atom. The minimum atomic E-state index is -3.77. The Morgan fingerprint density at radius 1 is 1.21 bits per heavy atom. The topological polar surface area (TPSA) is 80.6 Å². The number of carbonyl (C=O) groups is 1. The number of carbonyl (C=O) groups excluding carboxylic acids is 2. The first kappa shape index (κ1) is 15.3. The van der Waals surface area contributed by atoms with E-state index in [4.69, 9.17) is 0 Å². The number of amides is 1. The van der Waals surface area contributed by atoms with Gasteiger partial charge in [-0.15, -0.1) is 4.99 Å². The summed E-state index contributed by atoms with van der Waals surface area (Å²) in [6.45, 7) is 6.04. The van der Waals surface area contributed by atoms with Crippen molar-refractivity contribution in [1.82, 2.24) is 0 Å². The van der Waals surface area contributed by atoms with E-state index in [1.807, 2.05) is 20.8 Å². The maximum Gasteiger partial charge on any atom is 0.271 e. The second kappa shape index (κ2) is 5.47. The number of rotatable bonds is 3. The quantitative estimate of drug-likeness (QED) is 0.623. The summed E-state index contributed by atoms with van der Waals surface area (Å²) in [5.74, 6) is -1.84. The molecular formula is C13H15NO4S. The molecule has 1 amide bonds. The lowest BCUT2D eigenvalue weighted by Crippen LogP contribution is -2.15. The van der Waals surface area contributed by atoms with Crippen LogP contribution in [0.25, 0.3) is 0 Å². The fourth-order valence-corrected chi connectivity index (χ4v) is 2.60. The zero-order chi connectivity index (χ0) is 14.7. The average molecular weight is 281 g/mol. The maximum absolute atomic E-state index is 11.9. The minimum absolute atomic E-state index is 0.0370. The molecule has 5 nitrogen and oxygen atoms in total. The summed E-state index contributed by atoms with van der Waals surface area (Å²) in [6.07, 6.45) is 1.03. The molecule has 0 saturated carbocycles. The molecule has 0 aliphatic heterocycles. The Hall–Kier alpha value is -1.78. The first-order valence-corrected chi connectivity index (χ1v) is 7.26. The van der Waals surface area contributed by atoms with Gasteiger partial charge in [0.05, 0.1) is 4.90 Å². The fourth-order valence-electron chi connectivity index (χ4n) is 1.49. The lowest BCUT2D eigenvalue weighted by molar-refractivity contribution is -0.115. The Balaban J connectivity index is 3.04. The van der Waals surface area contributed by atoms with Crippen molar-refractivity contribution in [3.05, 3.63) is 29.8 Å². The van der Waals surface area contributed by atoms with Crippen molar-refractivity contribution in [1.29, 1.82) is 0 Å². The Morgan fingerprint density at radius 3 is 2.16 bits per heavy atom. The van der Waals surface area contributed by atoms with Crippen LogP contribution >= 0.6 is 0 Å². The average Bonchev–Trinajstić information content (AvgIpc) is 2.27. The van der Waals surface area contributed by atoms with Gasteiger partial charge in [0.2, 0.25) is 6.08 Å². The molecule has 1 aromatic rings. The highest BCUT2D eigenvalue weighted by Gasteiger charge is 2.20.